The Labute approximate surface area is 174 Å². The van der Waals surface area contributed by atoms with E-state index in [9.17, 15) is 13.2 Å². The second-order valence-corrected chi connectivity index (χ2v) is 8.39. The number of nitrogens with one attached hydrogen (secondary N) is 1. The molecule has 0 spiro atoms. The number of hydrogen-bond donors (Lipinski definition) is 1. The third-order valence-corrected chi connectivity index (χ3v) is 6.14. The second kappa shape index (κ2) is 8.98. The van der Waals surface area contributed by atoms with Crippen molar-refractivity contribution >= 4 is 33.2 Å². The molecule has 0 aliphatic heterocycles. The number of nitrogens with zero attached hydrogens (tertiary/aromatic N) is 1. The van der Waals surface area contributed by atoms with Crippen LogP contribution in [0, 0.1) is 0 Å². The highest BCUT2D eigenvalue weighted by atomic mass is 35.5. The lowest BCUT2D eigenvalue weighted by Gasteiger charge is -2.23. The maximum atomic E-state index is 13.2. The fraction of sp³-hybridized carbons (Fsp3) is 0.0952. The van der Waals surface area contributed by atoms with Crippen LogP contribution in [0.5, 0.6) is 0 Å². The standard InChI is InChI=1S/C21H19ClN2O4S/c1-2-12-24(18-10-8-17(22)9-11-18)29(26,27)20-7-3-5-16(14-20)21(25)23-15-19-6-4-13-28-19/h2-11,13-14H,1,12,15H2,(H,23,25). The van der Waals surface area contributed by atoms with Gasteiger partial charge in [0.2, 0.25) is 0 Å². The van der Waals surface area contributed by atoms with E-state index in [-0.39, 0.29) is 23.5 Å². The highest BCUT2D eigenvalue weighted by Gasteiger charge is 2.25. The van der Waals surface area contributed by atoms with Crippen molar-refractivity contribution in [3.05, 3.63) is 95.9 Å². The van der Waals surface area contributed by atoms with E-state index in [2.05, 4.69) is 11.9 Å². The molecule has 2 aromatic carbocycles. The zero-order valence-corrected chi connectivity index (χ0v) is 17.0. The molecule has 8 heteroatoms. The van der Waals surface area contributed by atoms with Gasteiger partial charge < -0.3 is 9.73 Å². The van der Waals surface area contributed by atoms with Gasteiger partial charge in [-0.05, 0) is 54.6 Å². The molecule has 0 bridgehead atoms. The van der Waals surface area contributed by atoms with Crippen molar-refractivity contribution in [1.29, 1.82) is 0 Å². The van der Waals surface area contributed by atoms with Crippen molar-refractivity contribution in [2.45, 2.75) is 11.4 Å². The average molecular weight is 431 g/mol. The van der Waals surface area contributed by atoms with Crippen LogP contribution in [0.25, 0.3) is 0 Å². The summed E-state index contributed by atoms with van der Waals surface area (Å²) in [4.78, 5) is 12.4. The van der Waals surface area contributed by atoms with Crippen molar-refractivity contribution in [2.75, 3.05) is 10.8 Å². The summed E-state index contributed by atoms with van der Waals surface area (Å²) in [7, 11) is -3.92. The van der Waals surface area contributed by atoms with E-state index < -0.39 is 15.9 Å². The van der Waals surface area contributed by atoms with Gasteiger partial charge in [0.05, 0.1) is 29.9 Å². The van der Waals surface area contributed by atoms with Gasteiger partial charge >= 0.3 is 0 Å². The molecule has 29 heavy (non-hydrogen) atoms. The van der Waals surface area contributed by atoms with Gasteiger partial charge in [0, 0.05) is 10.6 Å². The summed E-state index contributed by atoms with van der Waals surface area (Å²) in [5.41, 5.74) is 0.675. The number of halogens is 1. The minimum atomic E-state index is -3.92. The molecule has 6 nitrogen and oxygen atoms in total. The van der Waals surface area contributed by atoms with E-state index >= 15 is 0 Å². The summed E-state index contributed by atoms with van der Waals surface area (Å²) in [6, 6.07) is 15.8. The van der Waals surface area contributed by atoms with E-state index in [4.69, 9.17) is 16.0 Å². The number of anilines is 1. The van der Waals surface area contributed by atoms with Gasteiger partial charge in [-0.2, -0.15) is 0 Å². The van der Waals surface area contributed by atoms with E-state index in [1.807, 2.05) is 0 Å². The van der Waals surface area contributed by atoms with E-state index in [1.54, 1.807) is 42.5 Å². The average Bonchev–Trinajstić information content (AvgIpc) is 3.25. The van der Waals surface area contributed by atoms with Gasteiger partial charge in [-0.1, -0.05) is 23.7 Å². The first-order valence-electron chi connectivity index (χ1n) is 8.71. The lowest BCUT2D eigenvalue weighted by molar-refractivity contribution is 0.0948. The zero-order chi connectivity index (χ0) is 20.9. The lowest BCUT2D eigenvalue weighted by atomic mass is 10.2. The van der Waals surface area contributed by atoms with Crippen LogP contribution in [0.1, 0.15) is 16.1 Å². The van der Waals surface area contributed by atoms with E-state index in [1.165, 1.54) is 34.8 Å². The van der Waals surface area contributed by atoms with Crippen LogP contribution in [0.15, 0.2) is 88.9 Å². The Morgan fingerprint density at radius 1 is 1.14 bits per heavy atom. The minimum absolute atomic E-state index is 0.0000476. The van der Waals surface area contributed by atoms with Crippen LogP contribution < -0.4 is 9.62 Å². The summed E-state index contributed by atoms with van der Waals surface area (Å²) in [5, 5.41) is 3.20. The predicted octanol–water partition coefficient (Wildman–Crippen LogP) is 4.24. The second-order valence-electron chi connectivity index (χ2n) is 6.09. The summed E-state index contributed by atoms with van der Waals surface area (Å²) in [6.45, 7) is 3.91. The fourth-order valence-corrected chi connectivity index (χ4v) is 4.28. The minimum Gasteiger partial charge on any atom is -0.467 e. The first kappa shape index (κ1) is 20.7. The molecule has 0 radical (unpaired) electrons. The van der Waals surface area contributed by atoms with Crippen LogP contribution in [0.4, 0.5) is 5.69 Å². The Bertz CT molecular complexity index is 1090. The molecule has 0 saturated carbocycles. The molecule has 3 aromatic rings. The summed E-state index contributed by atoms with van der Waals surface area (Å²) in [5.74, 6) is 0.197. The molecule has 150 valence electrons. The van der Waals surface area contributed by atoms with Crippen molar-refractivity contribution in [2.24, 2.45) is 0 Å². The monoisotopic (exact) mass is 430 g/mol. The molecule has 0 saturated heterocycles. The maximum absolute atomic E-state index is 13.2. The van der Waals surface area contributed by atoms with Crippen LogP contribution in [-0.4, -0.2) is 20.9 Å². The maximum Gasteiger partial charge on any atom is 0.264 e. The molecular formula is C21H19ClN2O4S. The van der Waals surface area contributed by atoms with Crippen molar-refractivity contribution in [3.8, 4) is 0 Å². The third-order valence-electron chi connectivity index (χ3n) is 4.10. The SMILES string of the molecule is C=CCN(c1ccc(Cl)cc1)S(=O)(=O)c1cccc(C(=O)NCc2ccco2)c1. The number of rotatable bonds is 8. The van der Waals surface area contributed by atoms with Gasteiger partial charge in [0.1, 0.15) is 5.76 Å². The largest absolute Gasteiger partial charge is 0.467 e. The summed E-state index contributed by atoms with van der Waals surface area (Å²) >= 11 is 5.91. The van der Waals surface area contributed by atoms with Crippen molar-refractivity contribution < 1.29 is 17.6 Å². The number of amides is 1. The lowest BCUT2D eigenvalue weighted by Crippen LogP contribution is -2.31. The molecule has 1 N–H and O–H groups in total. The molecule has 3 rings (SSSR count). The quantitative estimate of drug-likeness (QED) is 0.542. The topological polar surface area (TPSA) is 79.6 Å². The first-order valence-corrected chi connectivity index (χ1v) is 10.5. The van der Waals surface area contributed by atoms with Gasteiger partial charge in [-0.15, -0.1) is 6.58 Å². The smallest absolute Gasteiger partial charge is 0.264 e. The van der Waals surface area contributed by atoms with Gasteiger partial charge in [-0.3, -0.25) is 9.10 Å². The zero-order valence-electron chi connectivity index (χ0n) is 15.4. The Hall–Kier alpha value is -3.03. The van der Waals surface area contributed by atoms with Crippen molar-refractivity contribution in [1.82, 2.24) is 5.32 Å². The summed E-state index contributed by atoms with van der Waals surface area (Å²) in [6.07, 6.45) is 3.01. The van der Waals surface area contributed by atoms with Crippen LogP contribution in [-0.2, 0) is 16.6 Å². The Morgan fingerprint density at radius 2 is 1.90 bits per heavy atom. The number of furan rings is 1. The Morgan fingerprint density at radius 3 is 2.55 bits per heavy atom. The molecule has 1 amide bonds. The number of benzene rings is 2. The highest BCUT2D eigenvalue weighted by molar-refractivity contribution is 7.92. The normalized spacial score (nSPS) is 11.1. The Kier molecular flexibility index (Phi) is 6.41. The molecule has 0 atom stereocenters. The number of carbonyl (C=O) groups excluding carboxylic acids is 1. The molecular weight excluding hydrogens is 412 g/mol. The molecule has 1 heterocycles. The third kappa shape index (κ3) is 4.88. The molecule has 0 fully saturated rings. The molecule has 0 unspecified atom stereocenters. The Balaban J connectivity index is 1.87. The molecule has 0 aliphatic carbocycles. The highest BCUT2D eigenvalue weighted by Crippen LogP contribution is 2.25. The van der Waals surface area contributed by atoms with Gasteiger partial charge in [0.25, 0.3) is 15.9 Å². The van der Waals surface area contributed by atoms with Crippen LogP contribution in [0.2, 0.25) is 5.02 Å². The number of carbonyl (C=O) groups is 1. The van der Waals surface area contributed by atoms with Gasteiger partial charge in [-0.25, -0.2) is 8.42 Å². The molecule has 1 aromatic heterocycles. The molecule has 0 aliphatic rings. The number of sulfonamides is 1. The summed E-state index contributed by atoms with van der Waals surface area (Å²) < 4.78 is 32.8. The van der Waals surface area contributed by atoms with E-state index in [0.29, 0.717) is 16.5 Å². The van der Waals surface area contributed by atoms with Crippen LogP contribution >= 0.6 is 11.6 Å². The number of hydrogen-bond acceptors (Lipinski definition) is 4. The predicted molar refractivity (Wildman–Crippen MR) is 113 cm³/mol. The van der Waals surface area contributed by atoms with Crippen molar-refractivity contribution in [3.63, 3.8) is 0 Å². The first-order chi connectivity index (χ1) is 13.9. The van der Waals surface area contributed by atoms with Crippen LogP contribution in [0.3, 0.4) is 0 Å². The van der Waals surface area contributed by atoms with E-state index in [0.717, 1.165) is 0 Å². The fourth-order valence-electron chi connectivity index (χ4n) is 2.67. The van der Waals surface area contributed by atoms with Gasteiger partial charge in [0.15, 0.2) is 0 Å².